The molecule has 94 valence electrons. The molecule has 1 rings (SSSR count). The number of nitrogens with zero attached hydrogens (tertiary/aromatic N) is 2. The quantitative estimate of drug-likeness (QED) is 0.766. The Morgan fingerprint density at radius 3 is 2.29 bits per heavy atom. The van der Waals surface area contributed by atoms with E-state index in [2.05, 4.69) is 4.98 Å². The maximum absolute atomic E-state index is 12.5. The molecule has 0 N–H and O–H groups in total. The minimum atomic E-state index is -4.50. The van der Waals surface area contributed by atoms with Crippen molar-refractivity contribution in [3.8, 4) is 0 Å². The average Bonchev–Trinajstić information content (AvgIpc) is 2.29. The van der Waals surface area contributed by atoms with Gasteiger partial charge in [-0.25, -0.2) is 4.98 Å². The number of halogens is 3. The zero-order chi connectivity index (χ0) is 13.1. The number of rotatable bonds is 4. The third-order valence-electron chi connectivity index (χ3n) is 2.39. The predicted molar refractivity (Wildman–Crippen MR) is 58.2 cm³/mol. The lowest BCUT2D eigenvalue weighted by Crippen LogP contribution is -2.25. The molecule has 0 atom stereocenters. The Kier molecular flexibility index (Phi) is 4.09. The lowest BCUT2D eigenvalue weighted by atomic mass is 10.2. The fraction of sp³-hybridized carbons (Fsp3) is 0.455. The number of carbonyl (C=O) groups excluding carboxylic acids is 1. The van der Waals surface area contributed by atoms with Crippen LogP contribution in [0.4, 0.5) is 19.0 Å². The van der Waals surface area contributed by atoms with Crippen LogP contribution in [0.1, 0.15) is 29.9 Å². The van der Waals surface area contributed by atoms with Gasteiger partial charge in [-0.1, -0.05) is 0 Å². The van der Waals surface area contributed by atoms with Gasteiger partial charge in [-0.2, -0.15) is 13.2 Å². The van der Waals surface area contributed by atoms with E-state index in [1.165, 1.54) is 0 Å². The van der Waals surface area contributed by atoms with Gasteiger partial charge in [0.25, 0.3) is 0 Å². The highest BCUT2D eigenvalue weighted by Gasteiger charge is 2.33. The van der Waals surface area contributed by atoms with Gasteiger partial charge in [0.05, 0.1) is 5.56 Å². The molecule has 1 aromatic rings. The van der Waals surface area contributed by atoms with Gasteiger partial charge in [0.1, 0.15) is 11.5 Å². The van der Waals surface area contributed by atoms with Gasteiger partial charge in [-0.05, 0) is 26.0 Å². The van der Waals surface area contributed by atoms with Crippen molar-refractivity contribution < 1.29 is 18.0 Å². The van der Waals surface area contributed by atoms with Crippen LogP contribution < -0.4 is 4.90 Å². The molecule has 0 aromatic carbocycles. The molecule has 6 heteroatoms. The molecule has 0 saturated heterocycles. The zero-order valence-corrected chi connectivity index (χ0v) is 9.58. The second-order valence-corrected chi connectivity index (χ2v) is 3.40. The summed E-state index contributed by atoms with van der Waals surface area (Å²) in [6.07, 6.45) is -3.98. The summed E-state index contributed by atoms with van der Waals surface area (Å²) >= 11 is 0. The van der Waals surface area contributed by atoms with Crippen molar-refractivity contribution in [3.05, 3.63) is 23.4 Å². The number of aldehydes is 1. The van der Waals surface area contributed by atoms with Gasteiger partial charge in [0.2, 0.25) is 0 Å². The molecule has 0 amide bonds. The van der Waals surface area contributed by atoms with E-state index in [9.17, 15) is 18.0 Å². The second kappa shape index (κ2) is 5.16. The first kappa shape index (κ1) is 13.5. The highest BCUT2D eigenvalue weighted by atomic mass is 19.4. The van der Waals surface area contributed by atoms with Gasteiger partial charge < -0.3 is 4.90 Å². The molecule has 1 aromatic heterocycles. The molecular weight excluding hydrogens is 233 g/mol. The fourth-order valence-corrected chi connectivity index (χ4v) is 1.49. The molecular formula is C11H13F3N2O. The lowest BCUT2D eigenvalue weighted by molar-refractivity contribution is -0.141. The van der Waals surface area contributed by atoms with Crippen LogP contribution in [0.3, 0.4) is 0 Å². The number of alkyl halides is 3. The number of anilines is 1. The third kappa shape index (κ3) is 2.95. The summed E-state index contributed by atoms with van der Waals surface area (Å²) in [5.74, 6) is 0.0832. The van der Waals surface area contributed by atoms with E-state index >= 15 is 0 Å². The minimum absolute atomic E-state index is 0.0832. The van der Waals surface area contributed by atoms with E-state index in [0.29, 0.717) is 19.4 Å². The average molecular weight is 246 g/mol. The van der Waals surface area contributed by atoms with E-state index in [0.717, 1.165) is 12.1 Å². The van der Waals surface area contributed by atoms with Crippen LogP contribution in [0.25, 0.3) is 0 Å². The van der Waals surface area contributed by atoms with Crippen LogP contribution in [0, 0.1) is 0 Å². The molecule has 0 fully saturated rings. The van der Waals surface area contributed by atoms with Crippen LogP contribution >= 0.6 is 0 Å². The minimum Gasteiger partial charge on any atom is -0.357 e. The Morgan fingerprint density at radius 1 is 1.29 bits per heavy atom. The number of carbonyl (C=O) groups is 1. The Bertz CT molecular complexity index is 400. The summed E-state index contributed by atoms with van der Waals surface area (Å²) in [5.41, 5.74) is -0.813. The number of aromatic nitrogens is 1. The molecule has 0 unspecified atom stereocenters. The molecule has 0 bridgehead atoms. The predicted octanol–water partition coefficient (Wildman–Crippen LogP) is 2.76. The zero-order valence-electron chi connectivity index (χ0n) is 9.58. The summed E-state index contributed by atoms with van der Waals surface area (Å²) in [6, 6.07) is 1.97. The summed E-state index contributed by atoms with van der Waals surface area (Å²) in [4.78, 5) is 15.9. The molecule has 0 aliphatic carbocycles. The fourth-order valence-electron chi connectivity index (χ4n) is 1.49. The van der Waals surface area contributed by atoms with Gasteiger partial charge in [0.15, 0.2) is 6.29 Å². The van der Waals surface area contributed by atoms with Crippen molar-refractivity contribution in [2.24, 2.45) is 0 Å². The first-order valence-corrected chi connectivity index (χ1v) is 5.22. The van der Waals surface area contributed by atoms with Gasteiger partial charge in [0, 0.05) is 13.1 Å². The molecule has 0 aliphatic heterocycles. The molecule has 0 saturated carbocycles. The summed E-state index contributed by atoms with van der Waals surface area (Å²) in [7, 11) is 0. The number of pyridine rings is 1. The Labute approximate surface area is 97.3 Å². The highest BCUT2D eigenvalue weighted by Crippen LogP contribution is 2.30. The van der Waals surface area contributed by atoms with Crippen LogP contribution in [0.5, 0.6) is 0 Å². The standard InChI is InChI=1S/C11H13F3N2O/c1-3-16(4-2)10-8(7-17)5-6-9(15-10)11(12,13)14/h5-7H,3-4H2,1-2H3. The second-order valence-electron chi connectivity index (χ2n) is 3.40. The maximum Gasteiger partial charge on any atom is 0.433 e. The Hall–Kier alpha value is -1.59. The smallest absolute Gasteiger partial charge is 0.357 e. The van der Waals surface area contributed by atoms with Crippen molar-refractivity contribution in [1.29, 1.82) is 0 Å². The molecule has 0 aliphatic rings. The largest absolute Gasteiger partial charge is 0.433 e. The van der Waals surface area contributed by atoms with Crippen molar-refractivity contribution in [2.75, 3.05) is 18.0 Å². The monoisotopic (exact) mass is 246 g/mol. The lowest BCUT2D eigenvalue weighted by Gasteiger charge is -2.22. The van der Waals surface area contributed by atoms with E-state index in [1.54, 1.807) is 18.7 Å². The SMILES string of the molecule is CCN(CC)c1nc(C(F)(F)F)ccc1C=O. The third-order valence-corrected chi connectivity index (χ3v) is 2.39. The van der Waals surface area contributed by atoms with Crippen LogP contribution in [-0.2, 0) is 6.18 Å². The number of hydrogen-bond acceptors (Lipinski definition) is 3. The summed E-state index contributed by atoms with van der Waals surface area (Å²) < 4.78 is 37.5. The van der Waals surface area contributed by atoms with E-state index < -0.39 is 11.9 Å². The van der Waals surface area contributed by atoms with Crippen molar-refractivity contribution in [2.45, 2.75) is 20.0 Å². The molecule has 0 spiro atoms. The van der Waals surface area contributed by atoms with Crippen LogP contribution in [0.2, 0.25) is 0 Å². The van der Waals surface area contributed by atoms with Crippen molar-refractivity contribution in [3.63, 3.8) is 0 Å². The Balaban J connectivity index is 3.28. The topological polar surface area (TPSA) is 33.2 Å². The van der Waals surface area contributed by atoms with Crippen molar-refractivity contribution >= 4 is 12.1 Å². The summed E-state index contributed by atoms with van der Waals surface area (Å²) in [6.45, 7) is 4.57. The van der Waals surface area contributed by atoms with Gasteiger partial charge in [-0.3, -0.25) is 4.79 Å². The number of hydrogen-bond donors (Lipinski definition) is 0. The summed E-state index contributed by atoms with van der Waals surface area (Å²) in [5, 5.41) is 0. The van der Waals surface area contributed by atoms with Gasteiger partial charge in [-0.15, -0.1) is 0 Å². The molecule has 3 nitrogen and oxygen atoms in total. The molecule has 0 radical (unpaired) electrons. The normalized spacial score (nSPS) is 11.4. The van der Waals surface area contributed by atoms with Gasteiger partial charge >= 0.3 is 6.18 Å². The Morgan fingerprint density at radius 2 is 1.88 bits per heavy atom. The van der Waals surface area contributed by atoms with E-state index in [-0.39, 0.29) is 11.4 Å². The van der Waals surface area contributed by atoms with Crippen LogP contribution in [0.15, 0.2) is 12.1 Å². The van der Waals surface area contributed by atoms with Crippen molar-refractivity contribution in [1.82, 2.24) is 4.98 Å². The van der Waals surface area contributed by atoms with Crippen LogP contribution in [-0.4, -0.2) is 24.4 Å². The maximum atomic E-state index is 12.5. The first-order chi connectivity index (χ1) is 7.93. The first-order valence-electron chi connectivity index (χ1n) is 5.22. The molecule has 17 heavy (non-hydrogen) atoms. The molecule has 1 heterocycles. The van der Waals surface area contributed by atoms with E-state index in [4.69, 9.17) is 0 Å². The highest BCUT2D eigenvalue weighted by molar-refractivity contribution is 5.82. The van der Waals surface area contributed by atoms with E-state index in [1.807, 2.05) is 0 Å².